The summed E-state index contributed by atoms with van der Waals surface area (Å²) in [6, 6.07) is 18.9. The highest BCUT2D eigenvalue weighted by Gasteiger charge is 2.30. The van der Waals surface area contributed by atoms with Crippen LogP contribution in [0.3, 0.4) is 0 Å². The Kier molecular flexibility index (Phi) is 8.61. The molecule has 1 atom stereocenters. The predicted octanol–water partition coefficient (Wildman–Crippen LogP) is 4.61. The summed E-state index contributed by atoms with van der Waals surface area (Å²) in [7, 11) is 0. The van der Waals surface area contributed by atoms with Gasteiger partial charge in [0.05, 0.1) is 0 Å². The molecule has 9 nitrogen and oxygen atoms in total. The van der Waals surface area contributed by atoms with Gasteiger partial charge < -0.3 is 11.1 Å². The Balaban J connectivity index is 1.30. The fraction of sp³-hybridized carbons (Fsp3) is 0.323. The monoisotopic (exact) mass is 539 g/mol. The van der Waals surface area contributed by atoms with Crippen molar-refractivity contribution < 1.29 is 14.1 Å². The first-order valence-electron chi connectivity index (χ1n) is 13.7. The van der Waals surface area contributed by atoms with Crippen LogP contribution in [0.1, 0.15) is 37.7 Å². The number of aromatic nitrogens is 3. The van der Waals surface area contributed by atoms with Gasteiger partial charge in [0.2, 0.25) is 5.91 Å². The Labute approximate surface area is 232 Å². The minimum Gasteiger partial charge on any atom is -0.330 e. The number of aromatic amines is 1. The molecular formula is C31H33N5O4. The summed E-state index contributed by atoms with van der Waals surface area (Å²) in [5, 5.41) is 6.66. The van der Waals surface area contributed by atoms with E-state index < -0.39 is 11.7 Å². The Morgan fingerprint density at radius 3 is 2.33 bits per heavy atom. The van der Waals surface area contributed by atoms with Crippen molar-refractivity contribution in [2.45, 2.75) is 38.5 Å². The molecule has 0 radical (unpaired) electrons. The van der Waals surface area contributed by atoms with E-state index in [2.05, 4.69) is 25.0 Å². The van der Waals surface area contributed by atoms with E-state index in [0.29, 0.717) is 36.0 Å². The fourth-order valence-corrected chi connectivity index (χ4v) is 5.35. The van der Waals surface area contributed by atoms with Crippen molar-refractivity contribution in [1.82, 2.24) is 15.1 Å². The molecule has 1 aliphatic rings. The van der Waals surface area contributed by atoms with Crippen molar-refractivity contribution in [1.29, 1.82) is 0 Å². The van der Waals surface area contributed by atoms with E-state index in [9.17, 15) is 14.4 Å². The van der Waals surface area contributed by atoms with E-state index in [1.807, 2.05) is 42.6 Å². The van der Waals surface area contributed by atoms with E-state index in [1.54, 1.807) is 30.5 Å². The molecule has 0 saturated heterocycles. The number of anilines is 1. The van der Waals surface area contributed by atoms with Crippen LogP contribution in [-0.4, -0.2) is 33.4 Å². The Morgan fingerprint density at radius 2 is 1.70 bits per heavy atom. The smallest absolute Gasteiger partial charge is 0.330 e. The van der Waals surface area contributed by atoms with Crippen molar-refractivity contribution in [3.8, 4) is 22.5 Å². The highest BCUT2D eigenvalue weighted by molar-refractivity contribution is 5.96. The van der Waals surface area contributed by atoms with Crippen molar-refractivity contribution in [3.05, 3.63) is 89.2 Å². The molecule has 1 fully saturated rings. The van der Waals surface area contributed by atoms with Crippen LogP contribution in [0.5, 0.6) is 0 Å². The van der Waals surface area contributed by atoms with Crippen molar-refractivity contribution >= 4 is 17.4 Å². The van der Waals surface area contributed by atoms with Gasteiger partial charge in [0, 0.05) is 41.9 Å². The first kappa shape index (κ1) is 27.2. The first-order valence-corrected chi connectivity index (χ1v) is 13.7. The topological polar surface area (TPSA) is 144 Å². The number of carbonyl (C=O) groups is 2. The number of hydrogen-bond donors (Lipinski definition) is 3. The molecule has 2 heterocycles. The summed E-state index contributed by atoms with van der Waals surface area (Å²) in [5.74, 6) is -0.434. The van der Waals surface area contributed by atoms with Crippen LogP contribution in [0.15, 0.2) is 82.4 Å². The number of nitrogens with two attached hydrogens (primary N) is 1. The highest BCUT2D eigenvalue weighted by atomic mass is 16.5. The largest absolute Gasteiger partial charge is 0.439 e. The third kappa shape index (κ3) is 6.79. The first-order chi connectivity index (χ1) is 19.5. The second-order valence-electron chi connectivity index (χ2n) is 10.5. The SMILES string of the molecule is NCC1CCC(C(=O)C[C@@H](Cc2ccc(-c3cccnc3)cc2)C(=O)Nc2ccc(-c3noc(=O)[nH]3)cc2)CC1. The van der Waals surface area contributed by atoms with Gasteiger partial charge in [-0.15, -0.1) is 0 Å². The van der Waals surface area contributed by atoms with E-state index in [0.717, 1.165) is 42.4 Å². The summed E-state index contributed by atoms with van der Waals surface area (Å²) in [6.45, 7) is 0.659. The van der Waals surface area contributed by atoms with E-state index in [-0.39, 0.29) is 24.0 Å². The quantitative estimate of drug-likeness (QED) is 0.267. The maximum Gasteiger partial charge on any atom is 0.439 e. The number of rotatable bonds is 10. The Bertz CT molecular complexity index is 1470. The van der Waals surface area contributed by atoms with Gasteiger partial charge in [-0.3, -0.25) is 24.1 Å². The van der Waals surface area contributed by atoms with Crippen molar-refractivity contribution in [2.75, 3.05) is 11.9 Å². The minimum atomic E-state index is -0.634. The van der Waals surface area contributed by atoms with Crippen LogP contribution in [0.25, 0.3) is 22.5 Å². The van der Waals surface area contributed by atoms with Gasteiger partial charge in [-0.05, 0) is 91.6 Å². The van der Waals surface area contributed by atoms with Gasteiger partial charge in [0.1, 0.15) is 5.78 Å². The molecule has 2 aromatic carbocycles. The van der Waals surface area contributed by atoms with Crippen molar-refractivity contribution in [2.24, 2.45) is 23.5 Å². The van der Waals surface area contributed by atoms with Gasteiger partial charge >= 0.3 is 5.76 Å². The van der Waals surface area contributed by atoms with Crippen LogP contribution in [-0.2, 0) is 16.0 Å². The molecule has 40 heavy (non-hydrogen) atoms. The van der Waals surface area contributed by atoms with Crippen LogP contribution in [0.2, 0.25) is 0 Å². The average Bonchev–Trinajstić information content (AvgIpc) is 3.44. The zero-order chi connectivity index (χ0) is 27.9. The molecule has 4 aromatic rings. The predicted molar refractivity (Wildman–Crippen MR) is 152 cm³/mol. The Morgan fingerprint density at radius 1 is 0.975 bits per heavy atom. The minimum absolute atomic E-state index is 0.0186. The molecule has 1 aliphatic carbocycles. The molecule has 1 saturated carbocycles. The number of amides is 1. The summed E-state index contributed by atoms with van der Waals surface area (Å²) in [4.78, 5) is 44.8. The maximum absolute atomic E-state index is 13.5. The molecule has 2 aromatic heterocycles. The average molecular weight is 540 g/mol. The summed E-state index contributed by atoms with van der Waals surface area (Å²) in [6.07, 6.45) is 7.78. The van der Waals surface area contributed by atoms with Crippen LogP contribution in [0.4, 0.5) is 5.69 Å². The number of carbonyl (C=O) groups excluding carboxylic acids is 2. The van der Waals surface area contributed by atoms with E-state index in [1.165, 1.54) is 0 Å². The number of nitrogens with one attached hydrogen (secondary N) is 2. The van der Waals surface area contributed by atoms with Gasteiger partial charge in [0.15, 0.2) is 5.82 Å². The zero-order valence-electron chi connectivity index (χ0n) is 22.2. The van der Waals surface area contributed by atoms with E-state index >= 15 is 0 Å². The summed E-state index contributed by atoms with van der Waals surface area (Å²) >= 11 is 0. The zero-order valence-corrected chi connectivity index (χ0v) is 22.2. The lowest BCUT2D eigenvalue weighted by Crippen LogP contribution is -2.31. The van der Waals surface area contributed by atoms with Crippen LogP contribution < -0.4 is 16.8 Å². The van der Waals surface area contributed by atoms with Crippen LogP contribution in [0, 0.1) is 17.8 Å². The van der Waals surface area contributed by atoms with Crippen LogP contribution >= 0.6 is 0 Å². The lowest BCUT2D eigenvalue weighted by atomic mass is 9.77. The number of nitrogens with zero attached hydrogens (tertiary/aromatic N) is 2. The molecule has 206 valence electrons. The normalized spacial score (nSPS) is 17.7. The lowest BCUT2D eigenvalue weighted by Gasteiger charge is -2.27. The number of Topliss-reactive ketones (excluding diaryl/α,β-unsaturated/α-hetero) is 1. The Hall–Kier alpha value is -4.37. The van der Waals surface area contributed by atoms with Gasteiger partial charge in [0.25, 0.3) is 0 Å². The third-order valence-corrected chi connectivity index (χ3v) is 7.75. The number of ketones is 1. The van der Waals surface area contributed by atoms with Gasteiger partial charge in [-0.25, -0.2) is 4.79 Å². The highest BCUT2D eigenvalue weighted by Crippen LogP contribution is 2.31. The standard InChI is InChI=1S/C31H33N5O4/c32-18-21-5-9-23(10-6-21)28(37)17-26(16-20-3-7-22(8-4-20)25-2-1-15-33-19-25)30(38)34-27-13-11-24(12-14-27)29-35-31(39)40-36-29/h1-4,7-8,11-15,19,21,23,26H,5-6,9-10,16-18,32H2,(H,34,38)(H,35,36,39)/t21?,23?,26-/m1/s1. The number of H-pyrrole nitrogens is 1. The molecular weight excluding hydrogens is 506 g/mol. The summed E-state index contributed by atoms with van der Waals surface area (Å²) in [5.41, 5.74) is 10.1. The van der Waals surface area contributed by atoms with E-state index in [4.69, 9.17) is 5.73 Å². The summed E-state index contributed by atoms with van der Waals surface area (Å²) < 4.78 is 4.56. The third-order valence-electron chi connectivity index (χ3n) is 7.75. The van der Waals surface area contributed by atoms with Crippen molar-refractivity contribution in [3.63, 3.8) is 0 Å². The fourth-order valence-electron chi connectivity index (χ4n) is 5.35. The number of pyridine rings is 1. The second-order valence-corrected chi connectivity index (χ2v) is 10.5. The van der Waals surface area contributed by atoms with Gasteiger partial charge in [-0.1, -0.05) is 35.5 Å². The number of benzene rings is 2. The van der Waals surface area contributed by atoms with Gasteiger partial charge in [-0.2, -0.15) is 0 Å². The molecule has 0 unspecified atom stereocenters. The molecule has 4 N–H and O–H groups in total. The molecule has 0 aliphatic heterocycles. The maximum atomic E-state index is 13.5. The molecule has 0 bridgehead atoms. The molecule has 0 spiro atoms. The second kappa shape index (κ2) is 12.7. The molecule has 1 amide bonds. The number of hydrogen-bond acceptors (Lipinski definition) is 7. The lowest BCUT2D eigenvalue weighted by molar-refractivity contribution is -0.129. The molecule has 5 rings (SSSR count). The molecule has 9 heteroatoms.